The number of hydrogen-bond acceptors (Lipinski definition) is 7. The van der Waals surface area contributed by atoms with Gasteiger partial charge < -0.3 is 20.1 Å². The first kappa shape index (κ1) is 23.6. The molecule has 1 unspecified atom stereocenters. The van der Waals surface area contributed by atoms with Gasteiger partial charge in [0.15, 0.2) is 0 Å². The van der Waals surface area contributed by atoms with E-state index in [4.69, 9.17) is 20.2 Å². The van der Waals surface area contributed by atoms with E-state index in [0.29, 0.717) is 5.76 Å². The third-order valence-electron chi connectivity index (χ3n) is 6.17. The number of aryl methyl sites for hydroxylation is 1. The number of nitrogens with zero attached hydrogens (tertiary/aromatic N) is 3. The first-order chi connectivity index (χ1) is 16.1. The third kappa shape index (κ3) is 4.58. The number of pyridine rings is 1. The predicted molar refractivity (Wildman–Crippen MR) is 132 cm³/mol. The fourth-order valence-electron chi connectivity index (χ4n) is 4.64. The first-order valence-corrected chi connectivity index (χ1v) is 11.8. The fraction of sp³-hybridized carbons (Fsp3) is 0.444. The molecule has 0 radical (unpaired) electrons. The minimum atomic E-state index is -0.733. The molecule has 0 saturated carbocycles. The highest BCUT2D eigenvalue weighted by molar-refractivity contribution is 5.94. The molecule has 1 aromatic heterocycles. The van der Waals surface area contributed by atoms with Crippen molar-refractivity contribution in [1.29, 1.82) is 5.26 Å². The Labute approximate surface area is 200 Å². The van der Waals surface area contributed by atoms with Gasteiger partial charge in [0.1, 0.15) is 28.8 Å². The Bertz CT molecular complexity index is 1240. The summed E-state index contributed by atoms with van der Waals surface area (Å²) in [7, 11) is 0. The van der Waals surface area contributed by atoms with Crippen molar-refractivity contribution in [2.75, 3.05) is 18.0 Å². The van der Waals surface area contributed by atoms with Gasteiger partial charge in [0.2, 0.25) is 5.88 Å². The Morgan fingerprint density at radius 2 is 1.91 bits per heavy atom. The van der Waals surface area contributed by atoms with Crippen molar-refractivity contribution in [2.24, 2.45) is 5.73 Å². The van der Waals surface area contributed by atoms with E-state index in [1.165, 1.54) is 6.42 Å². The van der Waals surface area contributed by atoms with E-state index in [1.54, 1.807) is 6.92 Å². The molecule has 0 bridgehead atoms. The van der Waals surface area contributed by atoms with Crippen LogP contribution in [0.2, 0.25) is 0 Å². The van der Waals surface area contributed by atoms with Crippen LogP contribution < -0.4 is 10.6 Å². The van der Waals surface area contributed by atoms with Crippen LogP contribution in [0.15, 0.2) is 47.1 Å². The van der Waals surface area contributed by atoms with Gasteiger partial charge in [0.05, 0.1) is 17.0 Å². The van der Waals surface area contributed by atoms with E-state index in [2.05, 4.69) is 17.0 Å². The molecule has 3 heterocycles. The van der Waals surface area contributed by atoms with Crippen LogP contribution in [0.1, 0.15) is 64.0 Å². The average Bonchev–Trinajstić information content (AvgIpc) is 2.77. The van der Waals surface area contributed by atoms with Crippen LogP contribution in [0.25, 0.3) is 10.9 Å². The smallest absolute Gasteiger partial charge is 0.338 e. The number of benzene rings is 1. The molecule has 1 atom stereocenters. The molecule has 4 rings (SSSR count). The normalized spacial score (nSPS) is 19.2. The number of rotatable bonds is 3. The standard InChI is InChI=1S/C27H32N4O3/c1-16-9-10-18-14-19(25(30-21(18)13-16)31-11-7-6-8-12-31)23-20(15-28)24(29)33-17(2)22(23)26(32)34-27(3,4)5/h9-10,13-14,23H,6-8,11-12,29H2,1-5H3. The van der Waals surface area contributed by atoms with Gasteiger partial charge in [-0.15, -0.1) is 0 Å². The second-order valence-electron chi connectivity index (χ2n) is 10.0. The van der Waals surface area contributed by atoms with E-state index in [-0.39, 0.29) is 17.0 Å². The Balaban J connectivity index is 1.97. The van der Waals surface area contributed by atoms with E-state index in [1.807, 2.05) is 45.9 Å². The Kier molecular flexibility index (Phi) is 6.26. The summed E-state index contributed by atoms with van der Waals surface area (Å²) in [6.45, 7) is 10.9. The number of carbonyl (C=O) groups excluding carboxylic acids is 1. The van der Waals surface area contributed by atoms with Crippen LogP contribution in [0.5, 0.6) is 0 Å². The number of carbonyl (C=O) groups is 1. The molecule has 178 valence electrons. The van der Waals surface area contributed by atoms with Gasteiger partial charge in [0, 0.05) is 24.0 Å². The largest absolute Gasteiger partial charge is 0.456 e. The molecule has 2 aromatic rings. The molecule has 2 aliphatic heterocycles. The van der Waals surface area contributed by atoms with Crippen LogP contribution >= 0.6 is 0 Å². The van der Waals surface area contributed by atoms with Crippen LogP contribution in [0.4, 0.5) is 5.82 Å². The zero-order valence-electron chi connectivity index (χ0n) is 20.6. The average molecular weight is 461 g/mol. The number of allylic oxidation sites excluding steroid dienone is 2. The summed E-state index contributed by atoms with van der Waals surface area (Å²) in [4.78, 5) is 20.7. The summed E-state index contributed by atoms with van der Waals surface area (Å²) in [6.07, 6.45) is 3.31. The summed E-state index contributed by atoms with van der Waals surface area (Å²) in [5.41, 5.74) is 8.71. The summed E-state index contributed by atoms with van der Waals surface area (Å²) >= 11 is 0. The minimum Gasteiger partial charge on any atom is -0.456 e. The van der Waals surface area contributed by atoms with Crippen LogP contribution in [0.3, 0.4) is 0 Å². The lowest BCUT2D eigenvalue weighted by Gasteiger charge is -2.34. The topological polar surface area (TPSA) is 101 Å². The highest BCUT2D eigenvalue weighted by Crippen LogP contribution is 2.44. The maximum absolute atomic E-state index is 13.4. The van der Waals surface area contributed by atoms with Crippen molar-refractivity contribution in [1.82, 2.24) is 4.98 Å². The summed E-state index contributed by atoms with van der Waals surface area (Å²) in [6, 6.07) is 10.3. The lowest BCUT2D eigenvalue weighted by Crippen LogP contribution is -2.34. The molecular formula is C27H32N4O3. The Morgan fingerprint density at radius 1 is 1.21 bits per heavy atom. The molecule has 0 amide bonds. The molecule has 1 saturated heterocycles. The maximum atomic E-state index is 13.4. The number of fused-ring (bicyclic) bond motifs is 1. The summed E-state index contributed by atoms with van der Waals surface area (Å²) in [5.74, 6) is -0.137. The van der Waals surface area contributed by atoms with E-state index in [0.717, 1.165) is 53.8 Å². The monoisotopic (exact) mass is 460 g/mol. The molecule has 2 aliphatic rings. The van der Waals surface area contributed by atoms with Crippen LogP contribution in [-0.2, 0) is 14.3 Å². The number of aromatic nitrogens is 1. The predicted octanol–water partition coefficient (Wildman–Crippen LogP) is 4.96. The molecule has 2 N–H and O–H groups in total. The van der Waals surface area contributed by atoms with Crippen molar-refractivity contribution in [3.05, 3.63) is 58.2 Å². The van der Waals surface area contributed by atoms with Crippen LogP contribution in [0, 0.1) is 18.3 Å². The number of ether oxygens (including phenoxy) is 2. The van der Waals surface area contributed by atoms with Gasteiger partial charge in [-0.1, -0.05) is 12.1 Å². The lowest BCUT2D eigenvalue weighted by molar-refractivity contribution is -0.150. The maximum Gasteiger partial charge on any atom is 0.338 e. The summed E-state index contributed by atoms with van der Waals surface area (Å²) in [5, 5.41) is 11.0. The highest BCUT2D eigenvalue weighted by atomic mass is 16.6. The van der Waals surface area contributed by atoms with Gasteiger partial charge in [-0.25, -0.2) is 9.78 Å². The van der Waals surface area contributed by atoms with Crippen molar-refractivity contribution in [2.45, 2.75) is 65.4 Å². The second-order valence-corrected chi connectivity index (χ2v) is 10.0. The molecule has 1 aromatic carbocycles. The van der Waals surface area contributed by atoms with Gasteiger partial charge in [0.25, 0.3) is 0 Å². The van der Waals surface area contributed by atoms with Gasteiger partial charge >= 0.3 is 5.97 Å². The number of hydrogen-bond donors (Lipinski definition) is 1. The fourth-order valence-corrected chi connectivity index (χ4v) is 4.64. The first-order valence-electron chi connectivity index (χ1n) is 11.8. The number of anilines is 1. The van der Waals surface area contributed by atoms with Crippen LogP contribution in [-0.4, -0.2) is 29.6 Å². The Morgan fingerprint density at radius 3 is 2.56 bits per heavy atom. The van der Waals surface area contributed by atoms with E-state index < -0.39 is 17.5 Å². The van der Waals surface area contributed by atoms with Crippen molar-refractivity contribution >= 4 is 22.7 Å². The molecule has 1 fully saturated rings. The Hall–Kier alpha value is -3.53. The van der Waals surface area contributed by atoms with Crippen molar-refractivity contribution < 1.29 is 14.3 Å². The van der Waals surface area contributed by atoms with E-state index in [9.17, 15) is 10.1 Å². The molecule has 0 aliphatic carbocycles. The minimum absolute atomic E-state index is 0.00547. The number of nitriles is 1. The van der Waals surface area contributed by atoms with Gasteiger partial charge in [-0.05, 0) is 71.6 Å². The van der Waals surface area contributed by atoms with Gasteiger partial charge in [-0.3, -0.25) is 0 Å². The molecule has 7 heteroatoms. The zero-order valence-corrected chi connectivity index (χ0v) is 20.6. The number of piperidine rings is 1. The molecule has 34 heavy (non-hydrogen) atoms. The van der Waals surface area contributed by atoms with Crippen molar-refractivity contribution in [3.8, 4) is 6.07 Å². The molecule has 0 spiro atoms. The highest BCUT2D eigenvalue weighted by Gasteiger charge is 2.40. The quantitative estimate of drug-likeness (QED) is 0.646. The number of nitrogens with two attached hydrogens (primary N) is 1. The lowest BCUT2D eigenvalue weighted by atomic mass is 9.82. The SMILES string of the molecule is CC1=C(C(=O)OC(C)(C)C)C(c2cc3ccc(C)cc3nc2N2CCCCC2)C(C#N)=C(N)O1. The molecule has 7 nitrogen and oxygen atoms in total. The zero-order chi connectivity index (χ0) is 24.6. The van der Waals surface area contributed by atoms with E-state index >= 15 is 0 Å². The number of esters is 1. The summed E-state index contributed by atoms with van der Waals surface area (Å²) < 4.78 is 11.4. The van der Waals surface area contributed by atoms with Crippen molar-refractivity contribution in [3.63, 3.8) is 0 Å². The van der Waals surface area contributed by atoms with Gasteiger partial charge in [-0.2, -0.15) is 5.26 Å². The second kappa shape index (κ2) is 9.02. The third-order valence-corrected chi connectivity index (χ3v) is 6.17. The molecular weight excluding hydrogens is 428 g/mol.